The molecule has 0 radical (unpaired) electrons. The molecule has 0 saturated carbocycles. The van der Waals surface area contributed by atoms with Crippen molar-refractivity contribution in [1.82, 2.24) is 0 Å². The van der Waals surface area contributed by atoms with Gasteiger partial charge in [0.15, 0.2) is 11.6 Å². The third-order valence-electron chi connectivity index (χ3n) is 2.14. The van der Waals surface area contributed by atoms with E-state index in [-0.39, 0.29) is 18.2 Å². The highest BCUT2D eigenvalue weighted by atomic mass is 19.1. The highest BCUT2D eigenvalue weighted by molar-refractivity contribution is 5.29. The maximum atomic E-state index is 13.2. The molecule has 3 heteroatoms. The Hall–Kier alpha value is -1.09. The van der Waals surface area contributed by atoms with E-state index < -0.39 is 6.10 Å². The number of aryl methyl sites for hydroxylation is 1. The van der Waals surface area contributed by atoms with E-state index in [9.17, 15) is 9.50 Å². The summed E-state index contributed by atoms with van der Waals surface area (Å²) in [7, 11) is 0. The molecule has 1 atom stereocenters. The minimum absolute atomic E-state index is 0.147. The molecule has 0 bridgehead atoms. The summed E-state index contributed by atoms with van der Waals surface area (Å²) in [5.41, 5.74) is 0.941. The second-order valence-corrected chi connectivity index (χ2v) is 3.69. The fourth-order valence-corrected chi connectivity index (χ4v) is 1.32. The number of aliphatic hydroxyl groups excluding tert-OH is 1. The molecule has 15 heavy (non-hydrogen) atoms. The van der Waals surface area contributed by atoms with Crippen molar-refractivity contribution in [3.63, 3.8) is 0 Å². The van der Waals surface area contributed by atoms with E-state index in [0.29, 0.717) is 6.42 Å². The topological polar surface area (TPSA) is 29.5 Å². The first-order chi connectivity index (χ1) is 7.13. The van der Waals surface area contributed by atoms with Gasteiger partial charge in [0.1, 0.15) is 6.61 Å². The lowest BCUT2D eigenvalue weighted by molar-refractivity contribution is 0.0972. The SMILES string of the molecule is CCCC(O)COc1cc(C)ccc1F. The summed E-state index contributed by atoms with van der Waals surface area (Å²) in [6, 6.07) is 4.69. The summed E-state index contributed by atoms with van der Waals surface area (Å²) in [4.78, 5) is 0. The van der Waals surface area contributed by atoms with Crippen LogP contribution in [0.2, 0.25) is 0 Å². The molecular formula is C12H17FO2. The largest absolute Gasteiger partial charge is 0.488 e. The average molecular weight is 212 g/mol. The lowest BCUT2D eigenvalue weighted by atomic mass is 10.2. The van der Waals surface area contributed by atoms with Gasteiger partial charge in [-0.05, 0) is 31.0 Å². The summed E-state index contributed by atoms with van der Waals surface area (Å²) < 4.78 is 18.4. The van der Waals surface area contributed by atoms with Gasteiger partial charge in [-0.2, -0.15) is 0 Å². The Morgan fingerprint density at radius 1 is 1.47 bits per heavy atom. The fourth-order valence-electron chi connectivity index (χ4n) is 1.32. The van der Waals surface area contributed by atoms with E-state index in [0.717, 1.165) is 12.0 Å². The molecule has 2 nitrogen and oxygen atoms in total. The second kappa shape index (κ2) is 5.71. The molecule has 0 amide bonds. The molecule has 1 unspecified atom stereocenters. The lowest BCUT2D eigenvalue weighted by Gasteiger charge is -2.12. The summed E-state index contributed by atoms with van der Waals surface area (Å²) in [5, 5.41) is 9.42. The van der Waals surface area contributed by atoms with Crippen LogP contribution in [0.3, 0.4) is 0 Å². The summed E-state index contributed by atoms with van der Waals surface area (Å²) >= 11 is 0. The van der Waals surface area contributed by atoms with Crippen LogP contribution in [0, 0.1) is 12.7 Å². The number of rotatable bonds is 5. The molecule has 0 saturated heterocycles. The molecule has 84 valence electrons. The van der Waals surface area contributed by atoms with Gasteiger partial charge >= 0.3 is 0 Å². The van der Waals surface area contributed by atoms with Crippen LogP contribution in [0.4, 0.5) is 4.39 Å². The number of aliphatic hydroxyl groups is 1. The van der Waals surface area contributed by atoms with E-state index >= 15 is 0 Å². The molecule has 1 rings (SSSR count). The zero-order valence-electron chi connectivity index (χ0n) is 9.16. The first-order valence-corrected chi connectivity index (χ1v) is 5.20. The van der Waals surface area contributed by atoms with Gasteiger partial charge in [0.25, 0.3) is 0 Å². The van der Waals surface area contributed by atoms with Crippen LogP contribution in [0.25, 0.3) is 0 Å². The Labute approximate surface area is 89.7 Å². The Bertz CT molecular complexity index is 312. The van der Waals surface area contributed by atoms with E-state index in [1.807, 2.05) is 13.8 Å². The van der Waals surface area contributed by atoms with Gasteiger partial charge in [-0.15, -0.1) is 0 Å². The summed E-state index contributed by atoms with van der Waals surface area (Å²) in [6.07, 6.45) is 1.05. The second-order valence-electron chi connectivity index (χ2n) is 3.69. The monoisotopic (exact) mass is 212 g/mol. The first kappa shape index (κ1) is 12.0. The predicted octanol–water partition coefficient (Wildman–Crippen LogP) is 2.67. The van der Waals surface area contributed by atoms with Gasteiger partial charge in [-0.1, -0.05) is 19.4 Å². The Morgan fingerprint density at radius 2 is 2.20 bits per heavy atom. The molecule has 0 aliphatic carbocycles. The molecule has 0 heterocycles. The number of benzene rings is 1. The Kier molecular flexibility index (Phi) is 4.56. The van der Waals surface area contributed by atoms with Crippen molar-refractivity contribution in [3.05, 3.63) is 29.6 Å². The molecule has 0 fully saturated rings. The lowest BCUT2D eigenvalue weighted by Crippen LogP contribution is -2.17. The molecular weight excluding hydrogens is 195 g/mol. The molecule has 1 aromatic rings. The number of ether oxygens (including phenoxy) is 1. The van der Waals surface area contributed by atoms with Crippen LogP contribution in [0.15, 0.2) is 18.2 Å². The van der Waals surface area contributed by atoms with Crippen molar-refractivity contribution in [3.8, 4) is 5.75 Å². The van der Waals surface area contributed by atoms with Crippen molar-refractivity contribution in [2.24, 2.45) is 0 Å². The van der Waals surface area contributed by atoms with E-state index in [2.05, 4.69) is 0 Å². The number of hydrogen-bond acceptors (Lipinski definition) is 2. The average Bonchev–Trinajstić information content (AvgIpc) is 2.20. The minimum atomic E-state index is -0.519. The minimum Gasteiger partial charge on any atom is -0.488 e. The number of halogens is 1. The van der Waals surface area contributed by atoms with Crippen molar-refractivity contribution in [1.29, 1.82) is 0 Å². The van der Waals surface area contributed by atoms with E-state index in [1.165, 1.54) is 6.07 Å². The van der Waals surface area contributed by atoms with Crippen molar-refractivity contribution in [2.75, 3.05) is 6.61 Å². The van der Waals surface area contributed by atoms with Gasteiger partial charge in [0, 0.05) is 0 Å². The highest BCUT2D eigenvalue weighted by Gasteiger charge is 2.07. The van der Waals surface area contributed by atoms with Gasteiger partial charge < -0.3 is 9.84 Å². The Morgan fingerprint density at radius 3 is 2.87 bits per heavy atom. The Balaban J connectivity index is 2.53. The zero-order chi connectivity index (χ0) is 11.3. The summed E-state index contributed by atoms with van der Waals surface area (Å²) in [6.45, 7) is 4.00. The molecule has 0 aliphatic heterocycles. The highest BCUT2D eigenvalue weighted by Crippen LogP contribution is 2.18. The first-order valence-electron chi connectivity index (χ1n) is 5.20. The van der Waals surface area contributed by atoms with Crippen LogP contribution < -0.4 is 4.74 Å². The van der Waals surface area contributed by atoms with Crippen LogP contribution in [0.1, 0.15) is 25.3 Å². The maximum absolute atomic E-state index is 13.2. The van der Waals surface area contributed by atoms with E-state index in [4.69, 9.17) is 4.74 Å². The normalized spacial score (nSPS) is 12.5. The molecule has 0 aliphatic rings. The molecule has 0 aromatic heterocycles. The predicted molar refractivity (Wildman–Crippen MR) is 57.5 cm³/mol. The molecule has 1 N–H and O–H groups in total. The maximum Gasteiger partial charge on any atom is 0.165 e. The van der Waals surface area contributed by atoms with Crippen molar-refractivity contribution >= 4 is 0 Å². The van der Waals surface area contributed by atoms with Gasteiger partial charge in [-0.25, -0.2) is 4.39 Å². The number of hydrogen-bond donors (Lipinski definition) is 1. The van der Waals surface area contributed by atoms with Crippen LogP contribution >= 0.6 is 0 Å². The van der Waals surface area contributed by atoms with Crippen molar-refractivity contribution < 1.29 is 14.2 Å². The van der Waals surface area contributed by atoms with Crippen LogP contribution in [-0.4, -0.2) is 17.8 Å². The smallest absolute Gasteiger partial charge is 0.165 e. The van der Waals surface area contributed by atoms with Gasteiger partial charge in [0.2, 0.25) is 0 Å². The third kappa shape index (κ3) is 3.88. The van der Waals surface area contributed by atoms with Crippen LogP contribution in [-0.2, 0) is 0 Å². The quantitative estimate of drug-likeness (QED) is 0.813. The van der Waals surface area contributed by atoms with E-state index in [1.54, 1.807) is 12.1 Å². The van der Waals surface area contributed by atoms with Crippen LogP contribution in [0.5, 0.6) is 5.75 Å². The zero-order valence-corrected chi connectivity index (χ0v) is 9.16. The summed E-state index contributed by atoms with van der Waals surface area (Å²) in [5.74, 6) is -0.172. The fraction of sp³-hybridized carbons (Fsp3) is 0.500. The molecule has 0 spiro atoms. The third-order valence-corrected chi connectivity index (χ3v) is 2.14. The van der Waals surface area contributed by atoms with Gasteiger partial charge in [-0.3, -0.25) is 0 Å². The van der Waals surface area contributed by atoms with Gasteiger partial charge in [0.05, 0.1) is 6.10 Å². The molecule has 1 aromatic carbocycles. The standard InChI is InChI=1S/C12H17FO2/c1-3-4-10(14)8-15-12-7-9(2)5-6-11(12)13/h5-7,10,14H,3-4,8H2,1-2H3. The van der Waals surface area contributed by atoms with Crippen molar-refractivity contribution in [2.45, 2.75) is 32.8 Å².